The van der Waals surface area contributed by atoms with E-state index in [1.165, 1.54) is 0 Å². The second-order valence-corrected chi connectivity index (χ2v) is 4.33. The van der Waals surface area contributed by atoms with Crippen LogP contribution in [-0.2, 0) is 17.8 Å². The normalized spacial score (nSPS) is 10.4. The fraction of sp³-hybridized carbons (Fsp3) is 0.333. The molecular weight excluding hydrogens is 240 g/mol. The third-order valence-corrected chi connectivity index (χ3v) is 2.80. The lowest BCUT2D eigenvalue weighted by Gasteiger charge is -2.04. The van der Waals surface area contributed by atoms with Crippen molar-refractivity contribution in [3.05, 3.63) is 48.3 Å². The van der Waals surface area contributed by atoms with Crippen LogP contribution in [0.3, 0.4) is 0 Å². The first-order valence-electron chi connectivity index (χ1n) is 6.49. The van der Waals surface area contributed by atoms with Gasteiger partial charge >= 0.3 is 0 Å². The summed E-state index contributed by atoms with van der Waals surface area (Å²) in [7, 11) is 0. The molecule has 0 saturated carbocycles. The number of benzene rings is 1. The summed E-state index contributed by atoms with van der Waals surface area (Å²) in [4.78, 5) is 11.8. The Balaban J connectivity index is 1.73. The van der Waals surface area contributed by atoms with E-state index in [1.54, 1.807) is 6.20 Å². The molecule has 0 radical (unpaired) electrons. The van der Waals surface area contributed by atoms with E-state index in [0.717, 1.165) is 17.9 Å². The molecule has 0 saturated heterocycles. The average molecular weight is 258 g/mol. The van der Waals surface area contributed by atoms with Gasteiger partial charge in [0.2, 0.25) is 0 Å². The summed E-state index contributed by atoms with van der Waals surface area (Å²) in [6.07, 6.45) is 4.51. The van der Waals surface area contributed by atoms with Gasteiger partial charge in [0.05, 0.1) is 12.8 Å². The molecule has 0 atom stereocenters. The van der Waals surface area contributed by atoms with Crippen LogP contribution in [0.5, 0.6) is 5.75 Å². The predicted octanol–water partition coefficient (Wildman–Crippen LogP) is 2.48. The molecule has 4 heteroatoms. The predicted molar refractivity (Wildman–Crippen MR) is 73.2 cm³/mol. The van der Waals surface area contributed by atoms with E-state index in [4.69, 9.17) is 4.74 Å². The molecule has 0 fully saturated rings. The molecule has 1 aromatic carbocycles. The van der Waals surface area contributed by atoms with Crippen molar-refractivity contribution in [3.8, 4) is 5.75 Å². The van der Waals surface area contributed by atoms with Gasteiger partial charge in [-0.05, 0) is 24.6 Å². The number of ether oxygens (including phenoxy) is 1. The topological polar surface area (TPSA) is 44.1 Å². The van der Waals surface area contributed by atoms with Crippen LogP contribution in [0.2, 0.25) is 0 Å². The molecule has 0 unspecified atom stereocenters. The van der Waals surface area contributed by atoms with Crippen LogP contribution in [0.4, 0.5) is 0 Å². The zero-order valence-electron chi connectivity index (χ0n) is 11.1. The number of hydrogen-bond donors (Lipinski definition) is 0. The van der Waals surface area contributed by atoms with E-state index in [-0.39, 0.29) is 5.78 Å². The van der Waals surface area contributed by atoms with Gasteiger partial charge in [0.25, 0.3) is 0 Å². The summed E-state index contributed by atoms with van der Waals surface area (Å²) >= 11 is 0. The smallest absolute Gasteiger partial charge is 0.140 e. The molecule has 0 spiro atoms. The Kier molecular flexibility index (Phi) is 4.72. The monoisotopic (exact) mass is 258 g/mol. The first kappa shape index (κ1) is 13.3. The molecule has 4 nitrogen and oxygen atoms in total. The Morgan fingerprint density at radius 2 is 2.11 bits per heavy atom. The maximum atomic E-state index is 11.8. The van der Waals surface area contributed by atoms with E-state index >= 15 is 0 Å². The van der Waals surface area contributed by atoms with Crippen LogP contribution in [0.1, 0.15) is 18.9 Å². The number of ketones is 1. The van der Waals surface area contributed by atoms with E-state index in [1.807, 2.05) is 48.1 Å². The van der Waals surface area contributed by atoms with Gasteiger partial charge in [-0.2, -0.15) is 5.10 Å². The Morgan fingerprint density at radius 1 is 1.32 bits per heavy atom. The lowest BCUT2D eigenvalue weighted by atomic mass is 10.1. The van der Waals surface area contributed by atoms with Crippen molar-refractivity contribution < 1.29 is 9.53 Å². The Morgan fingerprint density at radius 3 is 2.79 bits per heavy atom. The summed E-state index contributed by atoms with van der Waals surface area (Å²) in [5, 5.41) is 4.15. The molecule has 0 N–H and O–H groups in total. The highest BCUT2D eigenvalue weighted by atomic mass is 16.5. The number of aryl methyl sites for hydroxylation is 1. The molecular formula is C15H18N2O2. The standard InChI is InChI=1S/C15H18N2O2/c1-2-17-12-13(11-16-17)10-14(18)8-9-19-15-6-4-3-5-7-15/h3-7,11-12H,2,8-10H2,1H3. The van der Waals surface area contributed by atoms with Gasteiger partial charge in [0.1, 0.15) is 11.5 Å². The SMILES string of the molecule is CCn1cc(CC(=O)CCOc2ccccc2)cn1. The number of aromatic nitrogens is 2. The van der Waals surface area contributed by atoms with Crippen molar-refractivity contribution in [1.29, 1.82) is 0 Å². The molecule has 1 heterocycles. The summed E-state index contributed by atoms with van der Waals surface area (Å²) in [6.45, 7) is 3.27. The number of hydrogen-bond acceptors (Lipinski definition) is 3. The van der Waals surface area contributed by atoms with Crippen molar-refractivity contribution in [2.24, 2.45) is 0 Å². The number of carbonyl (C=O) groups excluding carboxylic acids is 1. The van der Waals surface area contributed by atoms with E-state index < -0.39 is 0 Å². The zero-order chi connectivity index (χ0) is 13.5. The lowest BCUT2D eigenvalue weighted by molar-refractivity contribution is -0.118. The van der Waals surface area contributed by atoms with Crippen molar-refractivity contribution in [2.75, 3.05) is 6.61 Å². The van der Waals surface area contributed by atoms with E-state index in [0.29, 0.717) is 19.4 Å². The molecule has 0 bridgehead atoms. The Labute approximate surface area is 113 Å². The highest BCUT2D eigenvalue weighted by molar-refractivity contribution is 5.80. The Bertz CT molecular complexity index is 520. The summed E-state index contributed by atoms with van der Waals surface area (Å²) < 4.78 is 7.32. The van der Waals surface area contributed by atoms with Gasteiger partial charge in [-0.25, -0.2) is 0 Å². The molecule has 0 amide bonds. The fourth-order valence-electron chi connectivity index (χ4n) is 1.79. The molecule has 2 rings (SSSR count). The summed E-state index contributed by atoms with van der Waals surface area (Å²) in [5.41, 5.74) is 0.964. The van der Waals surface area contributed by atoms with Gasteiger partial charge in [0, 0.05) is 25.6 Å². The van der Waals surface area contributed by atoms with Crippen molar-refractivity contribution >= 4 is 5.78 Å². The highest BCUT2D eigenvalue weighted by Crippen LogP contribution is 2.09. The maximum absolute atomic E-state index is 11.8. The van der Waals surface area contributed by atoms with Gasteiger partial charge in [-0.15, -0.1) is 0 Å². The third-order valence-electron chi connectivity index (χ3n) is 2.80. The van der Waals surface area contributed by atoms with Crippen LogP contribution >= 0.6 is 0 Å². The summed E-state index contributed by atoms with van der Waals surface area (Å²) in [6, 6.07) is 9.53. The van der Waals surface area contributed by atoms with Crippen LogP contribution in [0.15, 0.2) is 42.7 Å². The van der Waals surface area contributed by atoms with Gasteiger partial charge in [0.15, 0.2) is 0 Å². The average Bonchev–Trinajstić information content (AvgIpc) is 2.87. The number of para-hydroxylation sites is 1. The molecule has 1 aromatic heterocycles. The third kappa shape index (κ3) is 4.25. The van der Waals surface area contributed by atoms with Crippen molar-refractivity contribution in [1.82, 2.24) is 9.78 Å². The molecule has 19 heavy (non-hydrogen) atoms. The van der Waals surface area contributed by atoms with Crippen molar-refractivity contribution in [3.63, 3.8) is 0 Å². The number of Topliss-reactive ketones (excluding diaryl/α,β-unsaturated/α-hetero) is 1. The first-order valence-corrected chi connectivity index (χ1v) is 6.49. The fourth-order valence-corrected chi connectivity index (χ4v) is 1.79. The first-order chi connectivity index (χ1) is 9.28. The van der Waals surface area contributed by atoms with Crippen LogP contribution in [0, 0.1) is 0 Å². The molecule has 2 aromatic rings. The zero-order valence-corrected chi connectivity index (χ0v) is 11.1. The molecule has 0 aliphatic rings. The molecule has 100 valence electrons. The number of rotatable bonds is 7. The second-order valence-electron chi connectivity index (χ2n) is 4.33. The largest absolute Gasteiger partial charge is 0.493 e. The van der Waals surface area contributed by atoms with E-state index in [2.05, 4.69) is 5.10 Å². The molecule has 0 aliphatic heterocycles. The number of carbonyl (C=O) groups is 1. The Hall–Kier alpha value is -2.10. The minimum absolute atomic E-state index is 0.173. The second kappa shape index (κ2) is 6.73. The quantitative estimate of drug-likeness (QED) is 0.766. The maximum Gasteiger partial charge on any atom is 0.140 e. The highest BCUT2D eigenvalue weighted by Gasteiger charge is 2.06. The lowest BCUT2D eigenvalue weighted by Crippen LogP contribution is -2.08. The minimum Gasteiger partial charge on any atom is -0.493 e. The summed E-state index contributed by atoms with van der Waals surface area (Å²) in [5.74, 6) is 0.973. The van der Waals surface area contributed by atoms with Gasteiger partial charge in [-0.3, -0.25) is 9.48 Å². The minimum atomic E-state index is 0.173. The van der Waals surface area contributed by atoms with Crippen molar-refractivity contribution in [2.45, 2.75) is 26.3 Å². The molecule has 0 aliphatic carbocycles. The van der Waals surface area contributed by atoms with Crippen LogP contribution in [0.25, 0.3) is 0 Å². The van der Waals surface area contributed by atoms with E-state index in [9.17, 15) is 4.79 Å². The van der Waals surface area contributed by atoms with Crippen LogP contribution in [-0.4, -0.2) is 22.2 Å². The van der Waals surface area contributed by atoms with Gasteiger partial charge in [-0.1, -0.05) is 18.2 Å². The van der Waals surface area contributed by atoms with Gasteiger partial charge < -0.3 is 4.74 Å². The van der Waals surface area contributed by atoms with Crippen LogP contribution < -0.4 is 4.74 Å². The number of nitrogens with zero attached hydrogens (tertiary/aromatic N) is 2.